The largest absolute Gasteiger partial charge is 0.309 e. The molecule has 0 radical (unpaired) electrons. The molecule has 0 N–H and O–H groups in total. The van der Waals surface area contributed by atoms with Crippen molar-refractivity contribution in [2.75, 3.05) is 6.67 Å². The standard InChI is InChI=1S/C41H31FN2/c1-41(2)35-24-27(43-37-12-6-3-9-31(37)32-10-4-7-13-38(32)43)16-19-29(35)30-20-17-28(25-36(30)41)44-39-14-8-5-11-33(39)34-18-15-26(21-22-42)23-40(34)44/h3-20,23-25H,21-22H2,1-2H3. The number of halogens is 1. The van der Waals surface area contributed by atoms with E-state index in [1.807, 2.05) is 0 Å². The quantitative estimate of drug-likeness (QED) is 0.199. The molecule has 0 saturated heterocycles. The van der Waals surface area contributed by atoms with Crippen LogP contribution in [0.4, 0.5) is 4.39 Å². The Balaban J connectivity index is 1.23. The number of alkyl halides is 1. The number of aromatic nitrogens is 2. The van der Waals surface area contributed by atoms with Gasteiger partial charge in [-0.3, -0.25) is 4.39 Å². The highest BCUT2D eigenvalue weighted by Crippen LogP contribution is 2.50. The highest BCUT2D eigenvalue weighted by molar-refractivity contribution is 6.10. The monoisotopic (exact) mass is 570 g/mol. The Bertz CT molecular complexity index is 2380. The number of fused-ring (bicyclic) bond motifs is 9. The van der Waals surface area contributed by atoms with Gasteiger partial charge in [0.15, 0.2) is 0 Å². The first-order valence-corrected chi connectivity index (χ1v) is 15.4. The van der Waals surface area contributed by atoms with Crippen molar-refractivity contribution in [2.45, 2.75) is 25.7 Å². The van der Waals surface area contributed by atoms with E-state index in [1.165, 1.54) is 66.0 Å². The first kappa shape index (κ1) is 25.4. The fourth-order valence-electron chi connectivity index (χ4n) is 7.75. The number of nitrogens with zero attached hydrogens (tertiary/aromatic N) is 2. The summed E-state index contributed by atoms with van der Waals surface area (Å²) in [6, 6.07) is 46.3. The molecule has 8 aromatic rings. The minimum absolute atomic E-state index is 0.187. The lowest BCUT2D eigenvalue weighted by Crippen LogP contribution is -2.16. The third-order valence-electron chi connectivity index (χ3n) is 9.86. The van der Waals surface area contributed by atoms with Crippen LogP contribution in [-0.4, -0.2) is 15.8 Å². The Morgan fingerprint density at radius 3 is 1.45 bits per heavy atom. The van der Waals surface area contributed by atoms with Crippen molar-refractivity contribution < 1.29 is 4.39 Å². The number of hydrogen-bond acceptors (Lipinski definition) is 0. The van der Waals surface area contributed by atoms with Gasteiger partial charge in [-0.1, -0.05) is 92.7 Å². The van der Waals surface area contributed by atoms with E-state index in [-0.39, 0.29) is 12.1 Å². The Morgan fingerprint density at radius 2 is 0.955 bits per heavy atom. The highest BCUT2D eigenvalue weighted by Gasteiger charge is 2.36. The molecule has 6 aromatic carbocycles. The van der Waals surface area contributed by atoms with Gasteiger partial charge in [-0.25, -0.2) is 0 Å². The fourth-order valence-corrected chi connectivity index (χ4v) is 7.75. The second-order valence-electron chi connectivity index (χ2n) is 12.6. The summed E-state index contributed by atoms with van der Waals surface area (Å²) in [5.41, 5.74) is 13.2. The molecule has 2 nitrogen and oxygen atoms in total. The first-order valence-electron chi connectivity index (χ1n) is 15.4. The first-order chi connectivity index (χ1) is 21.5. The molecule has 212 valence electrons. The average molecular weight is 571 g/mol. The van der Waals surface area contributed by atoms with E-state index < -0.39 is 0 Å². The molecule has 0 aliphatic heterocycles. The van der Waals surface area contributed by atoms with Crippen LogP contribution < -0.4 is 0 Å². The van der Waals surface area contributed by atoms with E-state index in [9.17, 15) is 4.39 Å². The maximum Gasteiger partial charge on any atom is 0.0934 e. The second kappa shape index (κ2) is 9.17. The molecule has 0 fully saturated rings. The zero-order chi connectivity index (χ0) is 29.6. The van der Waals surface area contributed by atoms with Crippen molar-refractivity contribution in [1.29, 1.82) is 0 Å². The average Bonchev–Trinajstić information content (AvgIpc) is 3.64. The smallest absolute Gasteiger partial charge is 0.0934 e. The summed E-state index contributed by atoms with van der Waals surface area (Å²) in [7, 11) is 0. The topological polar surface area (TPSA) is 9.86 Å². The van der Waals surface area contributed by atoms with Gasteiger partial charge in [0.2, 0.25) is 0 Å². The van der Waals surface area contributed by atoms with E-state index in [0.717, 1.165) is 16.8 Å². The lowest BCUT2D eigenvalue weighted by molar-refractivity contribution is 0.495. The minimum Gasteiger partial charge on any atom is -0.309 e. The lowest BCUT2D eigenvalue weighted by Gasteiger charge is -2.23. The van der Waals surface area contributed by atoms with Crippen LogP contribution in [0.5, 0.6) is 0 Å². The molecule has 1 aliphatic carbocycles. The van der Waals surface area contributed by atoms with Crippen LogP contribution in [0.1, 0.15) is 30.5 Å². The van der Waals surface area contributed by atoms with Crippen molar-refractivity contribution in [1.82, 2.24) is 9.13 Å². The van der Waals surface area contributed by atoms with Crippen molar-refractivity contribution in [3.63, 3.8) is 0 Å². The van der Waals surface area contributed by atoms with Crippen LogP contribution in [0.25, 0.3) is 66.1 Å². The fraction of sp³-hybridized carbons (Fsp3) is 0.122. The van der Waals surface area contributed by atoms with Crippen LogP contribution in [-0.2, 0) is 11.8 Å². The molecule has 0 saturated carbocycles. The Kier molecular flexibility index (Phi) is 5.29. The van der Waals surface area contributed by atoms with Gasteiger partial charge in [-0.15, -0.1) is 0 Å². The van der Waals surface area contributed by atoms with Gasteiger partial charge in [0.1, 0.15) is 0 Å². The maximum absolute atomic E-state index is 13.3. The van der Waals surface area contributed by atoms with Gasteiger partial charge in [-0.05, 0) is 76.3 Å². The van der Waals surface area contributed by atoms with Gasteiger partial charge in [-0.2, -0.15) is 0 Å². The van der Waals surface area contributed by atoms with E-state index in [0.29, 0.717) is 6.42 Å². The molecule has 0 bridgehead atoms. The minimum atomic E-state index is -0.354. The molecule has 0 unspecified atom stereocenters. The summed E-state index contributed by atoms with van der Waals surface area (Å²) < 4.78 is 18.1. The molecule has 44 heavy (non-hydrogen) atoms. The molecule has 2 aromatic heterocycles. The molecule has 0 amide bonds. The van der Waals surface area contributed by atoms with Crippen LogP contribution >= 0.6 is 0 Å². The molecule has 2 heterocycles. The van der Waals surface area contributed by atoms with Gasteiger partial charge >= 0.3 is 0 Å². The predicted molar refractivity (Wildman–Crippen MR) is 182 cm³/mol. The van der Waals surface area contributed by atoms with Crippen molar-refractivity contribution in [2.24, 2.45) is 0 Å². The Morgan fingerprint density at radius 1 is 0.500 bits per heavy atom. The molecular formula is C41H31FN2. The van der Waals surface area contributed by atoms with Crippen molar-refractivity contribution in [3.8, 4) is 22.5 Å². The van der Waals surface area contributed by atoms with Gasteiger partial charge < -0.3 is 9.13 Å². The number of rotatable bonds is 4. The molecule has 3 heteroatoms. The predicted octanol–water partition coefficient (Wildman–Crippen LogP) is 10.7. The molecule has 0 spiro atoms. The van der Waals surface area contributed by atoms with E-state index in [1.54, 1.807) is 0 Å². The van der Waals surface area contributed by atoms with Gasteiger partial charge in [0.05, 0.1) is 28.7 Å². The van der Waals surface area contributed by atoms with E-state index in [2.05, 4.69) is 150 Å². The van der Waals surface area contributed by atoms with Crippen LogP contribution in [0.2, 0.25) is 0 Å². The zero-order valence-corrected chi connectivity index (χ0v) is 24.8. The SMILES string of the molecule is CC1(C)c2cc(-n3c4ccccc4c4ccccc43)ccc2-c2ccc(-n3c4ccccc4c4ccc(CCF)cc43)cc21. The van der Waals surface area contributed by atoms with Crippen molar-refractivity contribution in [3.05, 3.63) is 144 Å². The van der Waals surface area contributed by atoms with E-state index >= 15 is 0 Å². The lowest BCUT2D eigenvalue weighted by atomic mass is 9.82. The molecule has 0 atom stereocenters. The summed E-state index contributed by atoms with van der Waals surface area (Å²) >= 11 is 0. The Hall–Kier alpha value is -5.15. The maximum atomic E-state index is 13.3. The van der Waals surface area contributed by atoms with Gasteiger partial charge in [0, 0.05) is 44.8 Å². The zero-order valence-electron chi connectivity index (χ0n) is 24.8. The second-order valence-corrected chi connectivity index (χ2v) is 12.6. The van der Waals surface area contributed by atoms with Crippen LogP contribution in [0.15, 0.2) is 127 Å². The Labute approximate surface area is 255 Å². The van der Waals surface area contributed by atoms with E-state index in [4.69, 9.17) is 0 Å². The molecular weight excluding hydrogens is 539 g/mol. The number of hydrogen-bond donors (Lipinski definition) is 0. The van der Waals surface area contributed by atoms with Crippen molar-refractivity contribution >= 4 is 43.6 Å². The molecule has 9 rings (SSSR count). The normalized spacial score (nSPS) is 13.7. The number of benzene rings is 6. The molecule has 1 aliphatic rings. The summed E-state index contributed by atoms with van der Waals surface area (Å²) in [5, 5.41) is 4.96. The van der Waals surface area contributed by atoms with Crippen LogP contribution in [0.3, 0.4) is 0 Å². The summed E-state index contributed by atoms with van der Waals surface area (Å²) in [5.74, 6) is 0. The number of para-hydroxylation sites is 3. The van der Waals surface area contributed by atoms with Crippen LogP contribution in [0, 0.1) is 0 Å². The third kappa shape index (κ3) is 3.41. The summed E-state index contributed by atoms with van der Waals surface area (Å²) in [4.78, 5) is 0. The number of aryl methyl sites for hydroxylation is 1. The third-order valence-corrected chi connectivity index (χ3v) is 9.86. The summed E-state index contributed by atoms with van der Waals surface area (Å²) in [6.45, 7) is 4.35. The summed E-state index contributed by atoms with van der Waals surface area (Å²) in [6.07, 6.45) is 0.429. The highest BCUT2D eigenvalue weighted by atomic mass is 19.1. The van der Waals surface area contributed by atoms with Gasteiger partial charge in [0.25, 0.3) is 0 Å².